The predicted octanol–water partition coefficient (Wildman–Crippen LogP) is 4.02. The van der Waals surface area contributed by atoms with Gasteiger partial charge in [-0.05, 0) is 54.8 Å². The zero-order valence-electron chi connectivity index (χ0n) is 13.7. The van der Waals surface area contributed by atoms with E-state index >= 15 is 0 Å². The Morgan fingerprint density at radius 3 is 1.71 bits per heavy atom. The van der Waals surface area contributed by atoms with Crippen molar-refractivity contribution in [2.24, 2.45) is 0 Å². The van der Waals surface area contributed by atoms with Gasteiger partial charge in [-0.1, -0.05) is 0 Å². The molecule has 2 aromatic carbocycles. The molecular weight excluding hydrogens is 324 g/mol. The maximum absolute atomic E-state index is 12.5. The summed E-state index contributed by atoms with van der Waals surface area (Å²) in [4.78, 5) is 25.3. The molecule has 0 aromatic heterocycles. The van der Waals surface area contributed by atoms with Gasteiger partial charge in [0.25, 0.3) is 0 Å². The minimum Gasteiger partial charge on any atom is -0.497 e. The maximum atomic E-state index is 12.5. The molecule has 0 fully saturated rings. The number of carbonyl (C=O) groups excluding carboxylic acids is 2. The number of hydrogen-bond donors (Lipinski definition) is 0. The van der Waals surface area contributed by atoms with Crippen LogP contribution in [0.25, 0.3) is 0 Å². The Labute approximate surface area is 145 Å². The fourth-order valence-electron chi connectivity index (χ4n) is 2.06. The van der Waals surface area contributed by atoms with Gasteiger partial charge in [-0.3, -0.25) is 9.59 Å². The second kappa shape index (κ2) is 8.36. The molecular formula is C19H18O4S. The lowest BCUT2D eigenvalue weighted by molar-refractivity contribution is 0.101. The van der Waals surface area contributed by atoms with Crippen molar-refractivity contribution in [3.05, 3.63) is 70.6 Å². The molecule has 2 aromatic rings. The number of hydrogen-bond acceptors (Lipinski definition) is 5. The molecule has 5 heteroatoms. The van der Waals surface area contributed by atoms with Gasteiger partial charge in [0.05, 0.1) is 19.1 Å². The maximum Gasteiger partial charge on any atom is 0.199 e. The van der Waals surface area contributed by atoms with Crippen molar-refractivity contribution in [2.75, 3.05) is 20.5 Å². The van der Waals surface area contributed by atoms with Gasteiger partial charge >= 0.3 is 0 Å². The first-order valence-electron chi connectivity index (χ1n) is 7.22. The third-order valence-corrected chi connectivity index (χ3v) is 4.18. The van der Waals surface area contributed by atoms with E-state index in [1.54, 1.807) is 69.0 Å². The highest BCUT2D eigenvalue weighted by molar-refractivity contribution is 8.03. The summed E-state index contributed by atoms with van der Waals surface area (Å²) in [5.74, 6) is 0.946. The Hall–Kier alpha value is -2.53. The van der Waals surface area contributed by atoms with Crippen LogP contribution in [0.15, 0.2) is 59.5 Å². The van der Waals surface area contributed by atoms with Gasteiger partial charge in [0.1, 0.15) is 11.5 Å². The average Bonchev–Trinajstić information content (AvgIpc) is 2.65. The number of benzene rings is 2. The number of allylic oxidation sites excluding steroid dienone is 2. The van der Waals surface area contributed by atoms with Crippen molar-refractivity contribution in [1.29, 1.82) is 0 Å². The molecule has 0 aliphatic rings. The molecule has 0 atom stereocenters. The van der Waals surface area contributed by atoms with E-state index in [-0.39, 0.29) is 11.6 Å². The fourth-order valence-corrected chi connectivity index (χ4v) is 2.59. The van der Waals surface area contributed by atoms with Crippen LogP contribution in [0.1, 0.15) is 20.7 Å². The number of ether oxygens (including phenoxy) is 2. The first-order valence-corrected chi connectivity index (χ1v) is 8.44. The van der Waals surface area contributed by atoms with Crippen LogP contribution in [-0.2, 0) is 0 Å². The Morgan fingerprint density at radius 2 is 1.29 bits per heavy atom. The van der Waals surface area contributed by atoms with E-state index in [0.717, 1.165) is 0 Å². The highest BCUT2D eigenvalue weighted by Gasteiger charge is 2.14. The van der Waals surface area contributed by atoms with Crippen LogP contribution in [-0.4, -0.2) is 32.0 Å². The van der Waals surface area contributed by atoms with Crippen molar-refractivity contribution < 1.29 is 19.1 Å². The second-order valence-corrected chi connectivity index (χ2v) is 5.71. The molecule has 0 unspecified atom stereocenters. The highest BCUT2D eigenvalue weighted by Crippen LogP contribution is 2.21. The van der Waals surface area contributed by atoms with E-state index in [1.807, 2.05) is 0 Å². The van der Waals surface area contributed by atoms with E-state index in [4.69, 9.17) is 9.47 Å². The molecule has 0 aliphatic heterocycles. The minimum atomic E-state index is -0.219. The molecule has 0 aliphatic carbocycles. The monoisotopic (exact) mass is 342 g/mol. The van der Waals surface area contributed by atoms with E-state index in [2.05, 4.69) is 0 Å². The lowest BCUT2D eigenvalue weighted by Gasteiger charge is -2.05. The van der Waals surface area contributed by atoms with Crippen LogP contribution < -0.4 is 9.47 Å². The van der Waals surface area contributed by atoms with Crippen LogP contribution in [0, 0.1) is 0 Å². The molecule has 4 nitrogen and oxygen atoms in total. The average molecular weight is 342 g/mol. The van der Waals surface area contributed by atoms with Gasteiger partial charge in [0.2, 0.25) is 0 Å². The van der Waals surface area contributed by atoms with Gasteiger partial charge in [-0.25, -0.2) is 0 Å². The second-order valence-electron chi connectivity index (χ2n) is 4.86. The molecule has 0 heterocycles. The Bertz CT molecular complexity index is 746. The summed E-state index contributed by atoms with van der Waals surface area (Å²) in [5.41, 5.74) is 1.02. The third kappa shape index (κ3) is 4.26. The summed E-state index contributed by atoms with van der Waals surface area (Å²) in [7, 11) is 3.13. The lowest BCUT2D eigenvalue weighted by atomic mass is 10.1. The summed E-state index contributed by atoms with van der Waals surface area (Å²) in [6.07, 6.45) is 3.15. The summed E-state index contributed by atoms with van der Waals surface area (Å²) < 4.78 is 10.2. The number of methoxy groups -OCH3 is 2. The highest BCUT2D eigenvalue weighted by atomic mass is 32.2. The third-order valence-electron chi connectivity index (χ3n) is 3.43. The zero-order valence-corrected chi connectivity index (χ0v) is 14.6. The Balaban J connectivity index is 2.22. The summed E-state index contributed by atoms with van der Waals surface area (Å²) in [6, 6.07) is 13.6. The number of thioether (sulfide) groups is 1. The summed E-state index contributed by atoms with van der Waals surface area (Å²) >= 11 is 1.25. The molecule has 0 amide bonds. The normalized spacial score (nSPS) is 11.0. The van der Waals surface area contributed by atoms with Crippen molar-refractivity contribution in [2.45, 2.75) is 0 Å². The molecule has 0 saturated heterocycles. The van der Waals surface area contributed by atoms with E-state index in [0.29, 0.717) is 27.5 Å². The van der Waals surface area contributed by atoms with Crippen LogP contribution in [0.5, 0.6) is 11.5 Å². The van der Waals surface area contributed by atoms with Gasteiger partial charge < -0.3 is 9.47 Å². The summed E-state index contributed by atoms with van der Waals surface area (Å²) in [6.45, 7) is 0. The van der Waals surface area contributed by atoms with Crippen LogP contribution in [0.4, 0.5) is 0 Å². The molecule has 0 saturated carbocycles. The molecule has 0 radical (unpaired) electrons. The van der Waals surface area contributed by atoms with Gasteiger partial charge in [0, 0.05) is 17.2 Å². The SMILES string of the molecule is COc1ccc(C(=O)/C=C(\SC)C(=O)c2ccc(OC)cc2)cc1. The van der Waals surface area contributed by atoms with Gasteiger partial charge in [-0.15, -0.1) is 11.8 Å². The molecule has 24 heavy (non-hydrogen) atoms. The first kappa shape index (κ1) is 17.8. The van der Waals surface area contributed by atoms with Gasteiger partial charge in [-0.2, -0.15) is 0 Å². The van der Waals surface area contributed by atoms with Crippen molar-refractivity contribution in [1.82, 2.24) is 0 Å². The van der Waals surface area contributed by atoms with Crippen LogP contribution >= 0.6 is 11.8 Å². The first-order chi connectivity index (χ1) is 11.6. The van der Waals surface area contributed by atoms with E-state index < -0.39 is 0 Å². The zero-order chi connectivity index (χ0) is 17.5. The van der Waals surface area contributed by atoms with Gasteiger partial charge in [0.15, 0.2) is 11.6 Å². The topological polar surface area (TPSA) is 52.6 Å². The van der Waals surface area contributed by atoms with Crippen molar-refractivity contribution in [3.8, 4) is 11.5 Å². The largest absolute Gasteiger partial charge is 0.497 e. The minimum absolute atomic E-state index is 0.188. The standard InChI is InChI=1S/C19H18O4S/c1-22-15-8-4-13(5-9-15)17(20)12-18(24-3)19(21)14-6-10-16(23-2)11-7-14/h4-12H,1-3H3/b18-12-. The smallest absolute Gasteiger partial charge is 0.199 e. The predicted molar refractivity (Wildman–Crippen MR) is 96.2 cm³/mol. The van der Waals surface area contributed by atoms with Crippen LogP contribution in [0.2, 0.25) is 0 Å². The molecule has 124 valence electrons. The number of ketones is 2. The van der Waals surface area contributed by atoms with Crippen molar-refractivity contribution in [3.63, 3.8) is 0 Å². The Morgan fingerprint density at radius 1 is 0.833 bits per heavy atom. The number of carbonyl (C=O) groups is 2. The van der Waals surface area contributed by atoms with E-state index in [9.17, 15) is 9.59 Å². The molecule has 2 rings (SSSR count). The summed E-state index contributed by atoms with van der Waals surface area (Å²) in [5, 5.41) is 0. The quantitative estimate of drug-likeness (QED) is 0.562. The molecule has 0 spiro atoms. The molecule has 0 bridgehead atoms. The number of Topliss-reactive ketones (excluding diaryl/α,β-unsaturated/α-hetero) is 1. The van der Waals surface area contributed by atoms with Crippen molar-refractivity contribution >= 4 is 23.3 Å². The van der Waals surface area contributed by atoms with Crippen LogP contribution in [0.3, 0.4) is 0 Å². The van der Waals surface area contributed by atoms with E-state index in [1.165, 1.54) is 17.8 Å². The molecule has 0 N–H and O–H groups in total. The number of rotatable bonds is 7. The Kier molecular flexibility index (Phi) is 6.21. The fraction of sp³-hybridized carbons (Fsp3) is 0.158. The lowest BCUT2D eigenvalue weighted by Crippen LogP contribution is -2.04.